The van der Waals surface area contributed by atoms with Gasteiger partial charge in [0.2, 0.25) is 0 Å². The second-order valence-corrected chi connectivity index (χ2v) is 2.79. The van der Waals surface area contributed by atoms with E-state index in [-0.39, 0.29) is 109 Å². The zero-order valence-corrected chi connectivity index (χ0v) is 12.8. The van der Waals surface area contributed by atoms with Gasteiger partial charge in [0.15, 0.2) is 0 Å². The maximum absolute atomic E-state index is 9.62. The summed E-state index contributed by atoms with van der Waals surface area (Å²) in [5.74, 6) is 0. The fourth-order valence-electron chi connectivity index (χ4n) is 0.158. The summed E-state index contributed by atoms with van der Waals surface area (Å²) in [4.78, 5) is 19.2. The summed E-state index contributed by atoms with van der Waals surface area (Å²) in [5, 5.41) is 0. The van der Waals surface area contributed by atoms with E-state index in [0.29, 0.717) is 0 Å². The molecular weight excluding hydrogens is 195 g/mol. The van der Waals surface area contributed by atoms with E-state index in [1.807, 2.05) is 0 Å². The molecule has 0 radical (unpaired) electrons. The Morgan fingerprint density at radius 2 is 1.67 bits per heavy atom. The molecule has 0 aliphatic heterocycles. The minimum atomic E-state index is -4.29. The van der Waals surface area contributed by atoms with Crippen LogP contribution in [0.5, 0.6) is 0 Å². The van der Waals surface area contributed by atoms with Gasteiger partial charge in [0.1, 0.15) is 0 Å². The van der Waals surface area contributed by atoms with Gasteiger partial charge in [-0.15, -0.1) is 0 Å². The van der Waals surface area contributed by atoms with Crippen molar-refractivity contribution >= 4 is 7.60 Å². The van der Waals surface area contributed by atoms with Crippen molar-refractivity contribution in [1.82, 2.24) is 0 Å². The van der Waals surface area contributed by atoms with Crippen LogP contribution in [0.2, 0.25) is 0 Å². The van der Waals surface area contributed by atoms with Crippen LogP contribution in [0, 0.1) is 0 Å². The number of rotatable bonds is 2. The molecule has 0 aliphatic rings. The van der Waals surface area contributed by atoms with Crippen molar-refractivity contribution in [3.05, 3.63) is 0 Å². The summed E-state index contributed by atoms with van der Waals surface area (Å²) in [6, 6.07) is 0. The molecule has 2 N–H and O–H groups in total. The van der Waals surface area contributed by atoms with Gasteiger partial charge in [0.25, 0.3) is 0 Å². The zero-order chi connectivity index (χ0) is 5.91. The van der Waals surface area contributed by atoms with Gasteiger partial charge in [-0.2, -0.15) is 0 Å². The molecule has 9 heavy (non-hydrogen) atoms. The van der Waals surface area contributed by atoms with E-state index in [9.17, 15) is 14.4 Å². The Balaban J connectivity index is -0.000000180. The molecule has 0 unspecified atom stereocenters. The molecule has 0 aliphatic carbocycles. The summed E-state index contributed by atoms with van der Waals surface area (Å²) in [5.41, 5.74) is 4.74. The molecule has 0 amide bonds. The molecule has 44 valence electrons. The Bertz CT molecular complexity index is 93.8. The molecule has 0 atom stereocenters. The molecule has 0 heterocycles. The third-order valence-corrected chi connectivity index (χ3v) is 1.21. The van der Waals surface area contributed by atoms with E-state index in [1.165, 1.54) is 0 Å². The van der Waals surface area contributed by atoms with Crippen LogP contribution >= 0.6 is 7.60 Å². The van der Waals surface area contributed by atoms with Crippen molar-refractivity contribution in [2.45, 2.75) is 0 Å². The zero-order valence-electron chi connectivity index (χ0n) is 5.66. The molecule has 4 nitrogen and oxygen atoms in total. The van der Waals surface area contributed by atoms with Crippen molar-refractivity contribution in [2.24, 2.45) is 5.73 Å². The van der Waals surface area contributed by atoms with Crippen molar-refractivity contribution in [1.29, 1.82) is 0 Å². The fourth-order valence-corrected chi connectivity index (χ4v) is 0.474. The Kier molecular flexibility index (Phi) is 19.2. The molecule has 0 rings (SSSR count). The van der Waals surface area contributed by atoms with Crippen LogP contribution in [0.25, 0.3) is 0 Å². The Labute approximate surface area is 139 Å². The maximum Gasteiger partial charge on any atom is 1.00 e. The van der Waals surface area contributed by atoms with Crippen LogP contribution in [0.1, 0.15) is 0 Å². The van der Waals surface area contributed by atoms with Gasteiger partial charge in [0.05, 0.1) is 0 Å². The van der Waals surface area contributed by atoms with E-state index in [2.05, 4.69) is 0 Å². The predicted octanol–water partition coefficient (Wildman–Crippen LogP) is -8.13. The second kappa shape index (κ2) is 9.47. The van der Waals surface area contributed by atoms with Crippen molar-refractivity contribution < 1.29 is 117 Å². The molecule has 7 heteroatoms. The third kappa shape index (κ3) is 18.4. The van der Waals surface area contributed by atoms with E-state index >= 15 is 0 Å². The van der Waals surface area contributed by atoms with Crippen LogP contribution in [0.4, 0.5) is 0 Å². The predicted molar refractivity (Wildman–Crippen MR) is 21.5 cm³/mol. The summed E-state index contributed by atoms with van der Waals surface area (Å²) in [6.07, 6.45) is -0.438. The first-order valence-corrected chi connectivity index (χ1v) is 3.50. The molecule has 0 bridgehead atoms. The van der Waals surface area contributed by atoms with Gasteiger partial charge in [-0.3, -0.25) is 0 Å². The van der Waals surface area contributed by atoms with E-state index < -0.39 is 13.8 Å². The van der Waals surface area contributed by atoms with E-state index in [1.54, 1.807) is 0 Å². The van der Waals surface area contributed by atoms with E-state index in [0.717, 1.165) is 0 Å². The first-order chi connectivity index (χ1) is 3.06. The van der Waals surface area contributed by atoms with Crippen molar-refractivity contribution in [2.75, 3.05) is 12.7 Å². The van der Waals surface area contributed by atoms with Crippen molar-refractivity contribution in [3.8, 4) is 0 Å². The fraction of sp³-hybridized carbons (Fsp3) is 1.00. The van der Waals surface area contributed by atoms with Gasteiger partial charge in [0, 0.05) is 0 Å². The largest absolute Gasteiger partial charge is 1.00 e. The summed E-state index contributed by atoms with van der Waals surface area (Å²) >= 11 is 0. The van der Waals surface area contributed by atoms with Gasteiger partial charge in [-0.05, 0) is 12.7 Å². The first kappa shape index (κ1) is 18.2. The Hall–Kier alpha value is 3.38. The standard InChI is InChI=1S/C2H8NO3P.2K/c3-1-2-7(4,5)6;;/h1-3H2,(H2,4,5,6);;/q;2*+1/p-2. The maximum atomic E-state index is 9.62. The normalized spacial score (nSPS) is 9.22. The monoisotopic (exact) mass is 201 g/mol. The summed E-state index contributed by atoms with van der Waals surface area (Å²) in [6.45, 7) is -0.0791. The second-order valence-electron chi connectivity index (χ2n) is 1.12. The molecule has 0 fully saturated rings. The van der Waals surface area contributed by atoms with Gasteiger partial charge >= 0.3 is 103 Å². The third-order valence-electron chi connectivity index (χ3n) is 0.403. The SMILES string of the molecule is NCCP(=O)([O-])[O-].[K+].[K+]. The average Bonchev–Trinajstić information content (AvgIpc) is 1.30. The summed E-state index contributed by atoms with van der Waals surface area (Å²) < 4.78 is 9.62. The molecule has 0 aromatic heterocycles. The number of nitrogens with two attached hydrogens (primary N) is 1. The van der Waals surface area contributed by atoms with Crippen LogP contribution in [-0.4, -0.2) is 12.7 Å². The Morgan fingerprint density at radius 3 is 1.67 bits per heavy atom. The van der Waals surface area contributed by atoms with Gasteiger partial charge in [-0.25, -0.2) is 0 Å². The molecular formula is C2H6K2NO3P. The Morgan fingerprint density at radius 1 is 1.33 bits per heavy atom. The molecule has 0 saturated carbocycles. The van der Waals surface area contributed by atoms with Gasteiger partial charge < -0.3 is 20.1 Å². The van der Waals surface area contributed by atoms with E-state index in [4.69, 9.17) is 5.73 Å². The number of hydrogen-bond donors (Lipinski definition) is 1. The molecule has 0 aromatic rings. The molecule has 0 spiro atoms. The van der Waals surface area contributed by atoms with Crippen LogP contribution < -0.4 is 118 Å². The molecule has 0 aromatic carbocycles. The topological polar surface area (TPSA) is 89.2 Å². The quantitative estimate of drug-likeness (QED) is 0.355. The average molecular weight is 201 g/mol. The summed E-state index contributed by atoms with van der Waals surface area (Å²) in [7, 11) is -4.29. The van der Waals surface area contributed by atoms with Crippen LogP contribution in [0.15, 0.2) is 0 Å². The van der Waals surface area contributed by atoms with Crippen molar-refractivity contribution in [3.63, 3.8) is 0 Å². The smallest absolute Gasteiger partial charge is 0.811 e. The first-order valence-electron chi connectivity index (χ1n) is 1.77. The minimum absolute atomic E-state index is 0. The van der Waals surface area contributed by atoms with Crippen LogP contribution in [-0.2, 0) is 4.57 Å². The van der Waals surface area contributed by atoms with Gasteiger partial charge in [-0.1, -0.05) is 7.60 Å². The number of hydrogen-bond acceptors (Lipinski definition) is 4. The minimum Gasteiger partial charge on any atom is -0.811 e. The molecule has 0 saturated heterocycles. The van der Waals surface area contributed by atoms with Crippen LogP contribution in [0.3, 0.4) is 0 Å².